The lowest BCUT2D eigenvalue weighted by molar-refractivity contribution is 0.595. The van der Waals surface area contributed by atoms with E-state index in [9.17, 15) is 8.42 Å². The van der Waals surface area contributed by atoms with Crippen LogP contribution in [0.1, 0.15) is 5.56 Å². The molecule has 90 valence electrons. The number of aromatic nitrogens is 2. The Bertz CT molecular complexity index is 681. The minimum Gasteiger partial charge on any atom is -0.241 e. The minimum atomic E-state index is -3.65. The summed E-state index contributed by atoms with van der Waals surface area (Å²) in [5, 5.41) is 3.89. The van der Waals surface area contributed by atoms with Gasteiger partial charge < -0.3 is 0 Å². The van der Waals surface area contributed by atoms with Crippen molar-refractivity contribution in [2.45, 2.75) is 11.8 Å². The Hall–Kier alpha value is -1.47. The molecule has 2 aromatic rings. The first-order chi connectivity index (χ1) is 7.99. The van der Waals surface area contributed by atoms with Crippen molar-refractivity contribution in [3.63, 3.8) is 0 Å². The van der Waals surface area contributed by atoms with Crippen LogP contribution in [0.4, 0.5) is 0 Å². The topological polar surface area (TPSA) is 64.3 Å². The highest BCUT2D eigenvalue weighted by molar-refractivity contribution is 7.90. The maximum Gasteiger partial charge on any atom is 0.285 e. The fraction of sp³-hybridized carbons (Fsp3) is 0.200. The largest absolute Gasteiger partial charge is 0.285 e. The Kier molecular flexibility index (Phi) is 3.12. The zero-order valence-corrected chi connectivity index (χ0v) is 11.0. The van der Waals surface area contributed by atoms with Gasteiger partial charge in [-0.1, -0.05) is 29.0 Å². The van der Waals surface area contributed by atoms with Crippen LogP contribution in [0.3, 0.4) is 0 Å². The second-order valence-electron chi connectivity index (χ2n) is 3.52. The van der Waals surface area contributed by atoms with Crippen LogP contribution in [0, 0.1) is 6.92 Å². The normalized spacial score (nSPS) is 12.9. The summed E-state index contributed by atoms with van der Waals surface area (Å²) in [5.74, 6) is 0. The smallest absolute Gasteiger partial charge is 0.241 e. The van der Waals surface area contributed by atoms with Crippen molar-refractivity contribution in [1.29, 1.82) is 0 Å². The third kappa shape index (κ3) is 2.62. The Labute approximate surface area is 103 Å². The minimum absolute atomic E-state index is 0.191. The molecular formula is C10H11N3O2S2. The van der Waals surface area contributed by atoms with Crippen LogP contribution in [-0.4, -0.2) is 18.2 Å². The quantitative estimate of drug-likeness (QED) is 0.819. The highest BCUT2D eigenvalue weighted by Gasteiger charge is 2.12. The molecule has 0 aliphatic carbocycles. The number of hydrogen-bond donors (Lipinski definition) is 0. The van der Waals surface area contributed by atoms with Crippen LogP contribution >= 0.6 is 11.3 Å². The lowest BCUT2D eigenvalue weighted by atomic mass is 10.2. The van der Waals surface area contributed by atoms with Gasteiger partial charge in [0.25, 0.3) is 10.0 Å². The van der Waals surface area contributed by atoms with E-state index in [2.05, 4.69) is 9.50 Å². The van der Waals surface area contributed by atoms with Gasteiger partial charge in [-0.3, -0.25) is 0 Å². The molecule has 0 fully saturated rings. The highest BCUT2D eigenvalue weighted by Crippen LogP contribution is 2.12. The third-order valence-corrected chi connectivity index (χ3v) is 4.34. The fourth-order valence-electron chi connectivity index (χ4n) is 1.21. The number of sulfonamides is 1. The van der Waals surface area contributed by atoms with E-state index in [1.807, 2.05) is 6.92 Å². The van der Waals surface area contributed by atoms with E-state index in [1.54, 1.807) is 36.8 Å². The Morgan fingerprint density at radius 2 is 1.94 bits per heavy atom. The number of benzene rings is 1. The molecule has 0 spiro atoms. The van der Waals surface area contributed by atoms with Gasteiger partial charge in [0.2, 0.25) is 4.80 Å². The third-order valence-electron chi connectivity index (χ3n) is 2.17. The van der Waals surface area contributed by atoms with Gasteiger partial charge in [0.1, 0.15) is 5.51 Å². The van der Waals surface area contributed by atoms with Crippen molar-refractivity contribution < 1.29 is 8.42 Å². The molecule has 0 bridgehead atoms. The summed E-state index contributed by atoms with van der Waals surface area (Å²) in [4.78, 5) is 0.544. The molecule has 0 aliphatic rings. The Morgan fingerprint density at radius 3 is 2.47 bits per heavy atom. The van der Waals surface area contributed by atoms with E-state index in [4.69, 9.17) is 0 Å². The molecule has 1 heterocycles. The van der Waals surface area contributed by atoms with Crippen molar-refractivity contribution >= 4 is 21.4 Å². The van der Waals surface area contributed by atoms with Crippen molar-refractivity contribution in [2.75, 3.05) is 0 Å². The summed E-state index contributed by atoms with van der Waals surface area (Å²) in [6.07, 6.45) is 0. The van der Waals surface area contributed by atoms with Crippen LogP contribution in [0.25, 0.3) is 0 Å². The zero-order valence-electron chi connectivity index (χ0n) is 9.36. The van der Waals surface area contributed by atoms with Gasteiger partial charge in [0.15, 0.2) is 0 Å². The molecule has 0 atom stereocenters. The second kappa shape index (κ2) is 4.42. The summed E-state index contributed by atoms with van der Waals surface area (Å²) < 4.78 is 29.1. The van der Waals surface area contributed by atoms with Gasteiger partial charge in [-0.25, -0.2) is 4.68 Å². The zero-order chi connectivity index (χ0) is 12.5. The average molecular weight is 269 g/mol. The lowest BCUT2D eigenvalue weighted by Gasteiger charge is -1.98. The van der Waals surface area contributed by atoms with Gasteiger partial charge in [0, 0.05) is 7.05 Å². The Balaban J connectivity index is 2.52. The molecule has 1 aromatic heterocycles. The standard InChI is InChI=1S/C10H11N3O2S2/c1-8-3-5-9(6-4-8)17(14,15)12-10-13(2)11-7-16-10/h3-7H,1-2H3/b12-10+. The highest BCUT2D eigenvalue weighted by atomic mass is 32.2. The van der Waals surface area contributed by atoms with E-state index in [0.29, 0.717) is 4.80 Å². The van der Waals surface area contributed by atoms with Gasteiger partial charge in [-0.2, -0.15) is 13.5 Å². The average Bonchev–Trinajstić information content (AvgIpc) is 2.64. The number of nitrogens with zero attached hydrogens (tertiary/aromatic N) is 3. The molecule has 5 nitrogen and oxygen atoms in total. The first-order valence-electron chi connectivity index (χ1n) is 4.83. The molecule has 0 N–H and O–H groups in total. The van der Waals surface area contributed by atoms with Crippen molar-refractivity contribution in [1.82, 2.24) is 9.78 Å². The molecule has 17 heavy (non-hydrogen) atoms. The maximum atomic E-state index is 12.0. The number of hydrogen-bond acceptors (Lipinski definition) is 4. The Morgan fingerprint density at radius 1 is 1.29 bits per heavy atom. The van der Waals surface area contributed by atoms with Gasteiger partial charge in [-0.15, -0.1) is 4.40 Å². The first-order valence-corrected chi connectivity index (χ1v) is 7.15. The van der Waals surface area contributed by atoms with E-state index in [1.165, 1.54) is 16.0 Å². The summed E-state index contributed by atoms with van der Waals surface area (Å²) in [6.45, 7) is 1.90. The van der Waals surface area contributed by atoms with E-state index >= 15 is 0 Å². The second-order valence-corrected chi connectivity index (χ2v) is 5.94. The first kappa shape index (κ1) is 12.0. The summed E-state index contributed by atoms with van der Waals surface area (Å²) in [5.41, 5.74) is 2.55. The van der Waals surface area contributed by atoms with Crippen LogP contribution < -0.4 is 4.80 Å². The number of rotatable bonds is 2. The predicted octanol–water partition coefficient (Wildman–Crippen LogP) is 1.08. The van der Waals surface area contributed by atoms with Crippen LogP contribution in [0.15, 0.2) is 39.1 Å². The fourth-order valence-corrected chi connectivity index (χ4v) is 3.07. The number of aryl methyl sites for hydroxylation is 2. The van der Waals surface area contributed by atoms with Gasteiger partial charge in [-0.05, 0) is 19.1 Å². The van der Waals surface area contributed by atoms with E-state index < -0.39 is 10.0 Å². The molecule has 7 heteroatoms. The molecule has 0 saturated heterocycles. The van der Waals surface area contributed by atoms with Gasteiger partial charge in [0.05, 0.1) is 4.90 Å². The monoisotopic (exact) mass is 269 g/mol. The molecule has 0 unspecified atom stereocenters. The molecule has 0 radical (unpaired) electrons. The lowest BCUT2D eigenvalue weighted by Crippen LogP contribution is -2.14. The van der Waals surface area contributed by atoms with E-state index in [0.717, 1.165) is 5.56 Å². The van der Waals surface area contributed by atoms with Gasteiger partial charge >= 0.3 is 0 Å². The summed E-state index contributed by atoms with van der Waals surface area (Å²) in [6, 6.07) is 6.59. The molecule has 0 saturated carbocycles. The SMILES string of the molecule is Cc1ccc(S(=O)(=O)/N=c2/scnn2C)cc1. The predicted molar refractivity (Wildman–Crippen MR) is 65.0 cm³/mol. The molecule has 1 aromatic carbocycles. The van der Waals surface area contributed by atoms with Crippen LogP contribution in [0.2, 0.25) is 0 Å². The van der Waals surface area contributed by atoms with Crippen LogP contribution in [-0.2, 0) is 17.1 Å². The van der Waals surface area contributed by atoms with E-state index in [-0.39, 0.29) is 4.90 Å². The summed E-state index contributed by atoms with van der Waals surface area (Å²) >= 11 is 1.18. The van der Waals surface area contributed by atoms with Crippen molar-refractivity contribution in [3.8, 4) is 0 Å². The molecule has 2 rings (SSSR count). The molecule has 0 amide bonds. The molecular weight excluding hydrogens is 258 g/mol. The van der Waals surface area contributed by atoms with Crippen molar-refractivity contribution in [2.24, 2.45) is 11.4 Å². The maximum absolute atomic E-state index is 12.0. The molecule has 0 aliphatic heterocycles. The summed E-state index contributed by atoms with van der Waals surface area (Å²) in [7, 11) is -2.00. The van der Waals surface area contributed by atoms with Crippen molar-refractivity contribution in [3.05, 3.63) is 40.1 Å². The van der Waals surface area contributed by atoms with Crippen LogP contribution in [0.5, 0.6) is 0 Å².